The van der Waals surface area contributed by atoms with E-state index in [-0.39, 0.29) is 5.91 Å². The summed E-state index contributed by atoms with van der Waals surface area (Å²) in [6, 6.07) is 7.50. The summed E-state index contributed by atoms with van der Waals surface area (Å²) in [6.07, 6.45) is 5.77. The zero-order chi connectivity index (χ0) is 16.5. The van der Waals surface area contributed by atoms with Crippen molar-refractivity contribution in [2.45, 2.75) is 32.1 Å². The summed E-state index contributed by atoms with van der Waals surface area (Å²) >= 11 is 1.18. The van der Waals surface area contributed by atoms with E-state index in [9.17, 15) is 4.79 Å². The van der Waals surface area contributed by atoms with Gasteiger partial charge in [0.1, 0.15) is 0 Å². The first kappa shape index (κ1) is 17.6. The zero-order valence-corrected chi connectivity index (χ0v) is 13.6. The van der Waals surface area contributed by atoms with Crippen LogP contribution in [0.25, 0.3) is 6.08 Å². The van der Waals surface area contributed by atoms with Crippen molar-refractivity contribution < 1.29 is 19.1 Å². The van der Waals surface area contributed by atoms with E-state index in [0.717, 1.165) is 36.9 Å². The average Bonchev–Trinajstić information content (AvgIpc) is 3.00. The second-order valence-electron chi connectivity index (χ2n) is 5.13. The smallest absolute Gasteiger partial charge is 0.243 e. The van der Waals surface area contributed by atoms with E-state index in [1.54, 1.807) is 5.48 Å². The zero-order valence-electron chi connectivity index (χ0n) is 12.7. The van der Waals surface area contributed by atoms with Crippen LogP contribution in [0.2, 0.25) is 0 Å². The topological polar surface area (TPSA) is 97.1 Å². The van der Waals surface area contributed by atoms with Gasteiger partial charge < -0.3 is 10.6 Å². The van der Waals surface area contributed by atoms with Crippen molar-refractivity contribution in [2.24, 2.45) is 0 Å². The maximum atomic E-state index is 10.8. The Kier molecular flexibility index (Phi) is 7.21. The van der Waals surface area contributed by atoms with Gasteiger partial charge >= 0.3 is 0 Å². The summed E-state index contributed by atoms with van der Waals surface area (Å²) in [5.41, 5.74) is 8.99. The molecule has 1 amide bonds. The van der Waals surface area contributed by atoms with E-state index in [1.807, 2.05) is 30.3 Å². The number of unbranched alkanes of at least 4 members (excludes halogenated alkanes) is 3. The van der Waals surface area contributed by atoms with Gasteiger partial charge in [-0.05, 0) is 41.8 Å². The third-order valence-corrected chi connectivity index (χ3v) is 3.83. The van der Waals surface area contributed by atoms with Crippen LogP contribution >= 0.6 is 12.0 Å². The number of carbonyl (C=O) groups excluding carboxylic acids is 1. The second kappa shape index (κ2) is 9.41. The van der Waals surface area contributed by atoms with E-state index < -0.39 is 0 Å². The Bertz CT molecular complexity index is 536. The van der Waals surface area contributed by atoms with Gasteiger partial charge in [0, 0.05) is 12.1 Å². The number of carbonyl (C=O) groups is 1. The minimum atomic E-state index is -0.343. The van der Waals surface area contributed by atoms with Crippen molar-refractivity contribution in [3.63, 3.8) is 0 Å². The number of amides is 1. The van der Waals surface area contributed by atoms with Crippen LogP contribution in [-0.2, 0) is 13.9 Å². The highest BCUT2D eigenvalue weighted by atomic mass is 32.2. The molecule has 0 spiro atoms. The van der Waals surface area contributed by atoms with E-state index in [2.05, 4.69) is 0 Å². The number of anilines is 1. The molecule has 0 radical (unpaired) electrons. The molecule has 1 fully saturated rings. The monoisotopic (exact) mass is 339 g/mol. The van der Waals surface area contributed by atoms with E-state index >= 15 is 0 Å². The molecule has 1 saturated heterocycles. The van der Waals surface area contributed by atoms with Crippen LogP contribution in [0, 0.1) is 0 Å². The van der Waals surface area contributed by atoms with Crippen LogP contribution in [0.4, 0.5) is 5.69 Å². The lowest BCUT2D eigenvalue weighted by molar-refractivity contribution is -0.259. The van der Waals surface area contributed by atoms with Gasteiger partial charge in [0.15, 0.2) is 0 Å². The Balaban J connectivity index is 1.62. The highest BCUT2D eigenvalue weighted by Gasteiger charge is 2.20. The molecule has 1 heterocycles. The fourth-order valence-electron chi connectivity index (χ4n) is 2.01. The predicted molar refractivity (Wildman–Crippen MR) is 88.3 cm³/mol. The maximum absolute atomic E-state index is 10.8. The number of nitrogen functional groups attached to an aromatic ring is 1. The van der Waals surface area contributed by atoms with Crippen LogP contribution in [0.5, 0.6) is 0 Å². The number of benzene rings is 1. The number of nitrogens with one attached hydrogen (secondary N) is 1. The summed E-state index contributed by atoms with van der Waals surface area (Å²) in [4.78, 5) is 16.4. The quantitative estimate of drug-likeness (QED) is 0.220. The molecule has 23 heavy (non-hydrogen) atoms. The average molecular weight is 339 g/mol. The Morgan fingerprint density at radius 2 is 2.00 bits per heavy atom. The first-order chi connectivity index (χ1) is 11.2. The predicted octanol–water partition coefficient (Wildman–Crippen LogP) is 2.85. The van der Waals surface area contributed by atoms with Gasteiger partial charge in [-0.2, -0.15) is 4.28 Å². The number of nitrogens with two attached hydrogens (primary N) is 1. The van der Waals surface area contributed by atoms with Gasteiger partial charge in [-0.15, -0.1) is 0 Å². The van der Waals surface area contributed by atoms with Crippen molar-refractivity contribution in [3.05, 3.63) is 34.9 Å². The molecule has 4 N–H and O–H groups in total. The fraction of sp³-hybridized carbons (Fsp3) is 0.400. The first-order valence-corrected chi connectivity index (χ1v) is 8.22. The summed E-state index contributed by atoms with van der Waals surface area (Å²) in [7, 11) is 0. The number of nitrogens with zero attached hydrogens (tertiary/aromatic N) is 1. The molecule has 0 aliphatic carbocycles. The fourth-order valence-corrected chi connectivity index (χ4v) is 2.57. The van der Waals surface area contributed by atoms with Crippen LogP contribution < -0.4 is 11.2 Å². The molecule has 1 aromatic rings. The minimum Gasteiger partial charge on any atom is -0.399 e. The summed E-state index contributed by atoms with van der Waals surface area (Å²) in [5.74, 6) is -0.343. The molecular weight excluding hydrogens is 318 g/mol. The van der Waals surface area contributed by atoms with Crippen LogP contribution in [0.1, 0.15) is 37.7 Å². The lowest BCUT2D eigenvalue weighted by Crippen LogP contribution is -2.18. The molecule has 126 valence electrons. The van der Waals surface area contributed by atoms with Crippen molar-refractivity contribution >= 4 is 29.7 Å². The second-order valence-corrected chi connectivity index (χ2v) is 5.85. The summed E-state index contributed by atoms with van der Waals surface area (Å²) < 4.78 is 5.36. The lowest BCUT2D eigenvalue weighted by Gasteiger charge is -2.10. The van der Waals surface area contributed by atoms with Crippen molar-refractivity contribution in [3.8, 4) is 0 Å². The molecule has 1 aliphatic rings. The van der Waals surface area contributed by atoms with Gasteiger partial charge in [0.2, 0.25) is 11.0 Å². The minimum absolute atomic E-state index is 0.343. The molecular formula is C15H21N3O4S. The Morgan fingerprint density at radius 3 is 2.74 bits per heavy atom. The number of rotatable bonds is 8. The number of hydrogen-bond donors (Lipinski definition) is 3. The van der Waals surface area contributed by atoms with Crippen LogP contribution in [0.3, 0.4) is 0 Å². The van der Waals surface area contributed by atoms with Crippen molar-refractivity contribution in [1.82, 2.24) is 10.7 Å². The molecule has 0 aromatic heterocycles. The molecule has 1 aromatic carbocycles. The molecule has 7 nitrogen and oxygen atoms in total. The van der Waals surface area contributed by atoms with E-state index in [4.69, 9.17) is 20.1 Å². The van der Waals surface area contributed by atoms with Crippen LogP contribution in [-0.4, -0.2) is 22.9 Å². The number of hydrogen-bond acceptors (Lipinski definition) is 7. The standard InChI is InChI=1S/C15H21N3O4S/c16-13-8-6-12(7-9-13)11-15-21-18(22-23-15)10-4-2-1-3-5-14(19)17-20/h6-9,11,20H,1-5,10,16H2,(H,17,19). The molecule has 8 heteroatoms. The van der Waals surface area contributed by atoms with Gasteiger partial charge in [-0.1, -0.05) is 25.0 Å². The summed E-state index contributed by atoms with van der Waals surface area (Å²) in [6.45, 7) is 0.651. The van der Waals surface area contributed by atoms with E-state index in [0.29, 0.717) is 18.1 Å². The van der Waals surface area contributed by atoms with Crippen molar-refractivity contribution in [2.75, 3.05) is 12.3 Å². The molecule has 0 unspecified atom stereocenters. The summed E-state index contributed by atoms with van der Waals surface area (Å²) in [5, 5.41) is 10.5. The third kappa shape index (κ3) is 6.49. The highest BCUT2D eigenvalue weighted by molar-refractivity contribution is 7.98. The van der Waals surface area contributed by atoms with E-state index in [1.165, 1.54) is 17.3 Å². The van der Waals surface area contributed by atoms with Gasteiger partial charge in [0.25, 0.3) is 0 Å². The Morgan fingerprint density at radius 1 is 1.26 bits per heavy atom. The molecule has 0 saturated carbocycles. The van der Waals surface area contributed by atoms with Gasteiger partial charge in [-0.3, -0.25) is 10.0 Å². The highest BCUT2D eigenvalue weighted by Crippen LogP contribution is 2.31. The Hall–Kier alpha value is -1.74. The molecule has 1 aliphatic heterocycles. The van der Waals surface area contributed by atoms with Crippen LogP contribution in [0.15, 0.2) is 29.4 Å². The van der Waals surface area contributed by atoms with Gasteiger partial charge in [0.05, 0.1) is 18.6 Å². The Labute approximate surface area is 139 Å². The first-order valence-electron chi connectivity index (χ1n) is 7.47. The molecule has 0 atom stereocenters. The normalized spacial score (nSPS) is 16.5. The maximum Gasteiger partial charge on any atom is 0.243 e. The molecule has 0 bridgehead atoms. The van der Waals surface area contributed by atoms with Gasteiger partial charge in [-0.25, -0.2) is 5.48 Å². The largest absolute Gasteiger partial charge is 0.399 e. The number of hydroxylamine groups is 3. The SMILES string of the molecule is Nc1ccc(C=C2ON(CCCCCCC(=O)NO)OS2)cc1. The van der Waals surface area contributed by atoms with Crippen molar-refractivity contribution in [1.29, 1.82) is 0 Å². The third-order valence-electron chi connectivity index (χ3n) is 3.23. The molecule has 2 rings (SSSR count). The lowest BCUT2D eigenvalue weighted by atomic mass is 10.1.